The number of pyridine rings is 2. The number of carbonyl (C=O) groups is 1. The predicted molar refractivity (Wildman–Crippen MR) is 86.4 cm³/mol. The quantitative estimate of drug-likeness (QED) is 0.830. The van der Waals surface area contributed by atoms with Crippen molar-refractivity contribution in [1.82, 2.24) is 14.9 Å². The Labute approximate surface area is 135 Å². The van der Waals surface area contributed by atoms with Gasteiger partial charge in [-0.3, -0.25) is 9.97 Å². The van der Waals surface area contributed by atoms with E-state index < -0.39 is 6.09 Å². The molecule has 1 saturated heterocycles. The fourth-order valence-corrected chi connectivity index (χ4v) is 2.83. The van der Waals surface area contributed by atoms with Crippen molar-refractivity contribution in [2.75, 3.05) is 19.7 Å². The predicted octanol–water partition coefficient (Wildman–Crippen LogP) is 2.72. The highest BCUT2D eigenvalue weighted by Gasteiger charge is 2.25. The lowest BCUT2D eigenvalue weighted by atomic mass is 10.1. The average molecular weight is 315 g/mol. The summed E-state index contributed by atoms with van der Waals surface area (Å²) in [6.45, 7) is 1.75. The van der Waals surface area contributed by atoms with E-state index in [0.29, 0.717) is 19.7 Å². The number of unbranched alkanes of at least 4 members (excludes halogenated alkanes) is 1. The Balaban J connectivity index is 1.37. The van der Waals surface area contributed by atoms with Crippen LogP contribution in [0.3, 0.4) is 0 Å². The number of aryl methyl sites for hydroxylation is 1. The second-order valence-electron chi connectivity index (χ2n) is 5.81. The van der Waals surface area contributed by atoms with Gasteiger partial charge in [0, 0.05) is 25.0 Å². The monoisotopic (exact) mass is 315 g/mol. The number of likely N-dealkylation sites (tertiary alicyclic amines) is 1. The maximum Gasteiger partial charge on any atom is 0.407 e. The molecular weight excluding hydrogens is 294 g/mol. The molecule has 2 aromatic rings. The molecule has 122 valence electrons. The smallest absolute Gasteiger partial charge is 0.407 e. The maximum atomic E-state index is 10.8. The number of rotatable bonds is 6. The van der Waals surface area contributed by atoms with Crippen LogP contribution >= 0.6 is 0 Å². The number of ether oxygens (including phenoxy) is 1. The van der Waals surface area contributed by atoms with E-state index in [1.807, 2.05) is 24.3 Å². The van der Waals surface area contributed by atoms with Crippen molar-refractivity contribution in [1.29, 1.82) is 0 Å². The molecule has 1 amide bonds. The van der Waals surface area contributed by atoms with Gasteiger partial charge < -0.3 is 14.7 Å². The van der Waals surface area contributed by atoms with Gasteiger partial charge in [0.25, 0.3) is 0 Å². The van der Waals surface area contributed by atoms with Gasteiger partial charge in [-0.05, 0) is 49.9 Å². The second kappa shape index (κ2) is 7.37. The number of fused-ring (bicyclic) bond motifs is 1. The van der Waals surface area contributed by atoms with Gasteiger partial charge in [0.2, 0.25) is 0 Å². The van der Waals surface area contributed by atoms with E-state index in [2.05, 4.69) is 9.97 Å². The van der Waals surface area contributed by atoms with Gasteiger partial charge in [-0.2, -0.15) is 0 Å². The normalized spacial score (nSPS) is 17.7. The van der Waals surface area contributed by atoms with Crippen molar-refractivity contribution in [3.05, 3.63) is 36.2 Å². The molecule has 0 aromatic carbocycles. The van der Waals surface area contributed by atoms with Crippen LogP contribution in [0.25, 0.3) is 11.0 Å². The highest BCUT2D eigenvalue weighted by molar-refractivity contribution is 5.73. The Morgan fingerprint density at radius 1 is 1.30 bits per heavy atom. The van der Waals surface area contributed by atoms with Gasteiger partial charge in [-0.1, -0.05) is 0 Å². The van der Waals surface area contributed by atoms with Crippen molar-refractivity contribution < 1.29 is 14.6 Å². The first-order valence-electron chi connectivity index (χ1n) is 8.02. The summed E-state index contributed by atoms with van der Waals surface area (Å²) < 4.78 is 5.76. The molecule has 6 nitrogen and oxygen atoms in total. The summed E-state index contributed by atoms with van der Waals surface area (Å²) >= 11 is 0. The zero-order chi connectivity index (χ0) is 16.1. The van der Waals surface area contributed by atoms with Crippen molar-refractivity contribution >= 4 is 17.1 Å². The Morgan fingerprint density at radius 2 is 2.22 bits per heavy atom. The third-order valence-electron chi connectivity index (χ3n) is 4.11. The van der Waals surface area contributed by atoms with E-state index in [1.54, 1.807) is 6.20 Å². The topological polar surface area (TPSA) is 75.5 Å². The lowest BCUT2D eigenvalue weighted by molar-refractivity contribution is 0.0563. The van der Waals surface area contributed by atoms with Crippen LogP contribution in [-0.2, 0) is 11.2 Å². The van der Waals surface area contributed by atoms with Gasteiger partial charge >= 0.3 is 6.09 Å². The van der Waals surface area contributed by atoms with Crippen molar-refractivity contribution in [2.45, 2.75) is 31.8 Å². The van der Waals surface area contributed by atoms with Gasteiger partial charge in [0.05, 0.1) is 23.7 Å². The lowest BCUT2D eigenvalue weighted by Crippen LogP contribution is -2.28. The molecule has 0 spiro atoms. The van der Waals surface area contributed by atoms with Crippen molar-refractivity contribution in [2.24, 2.45) is 0 Å². The largest absolute Gasteiger partial charge is 0.465 e. The SMILES string of the molecule is O=C(O)N1CCC(OCCCCc2ccc3ncccc3n2)C1. The Bertz CT molecular complexity index is 677. The van der Waals surface area contributed by atoms with Crippen LogP contribution < -0.4 is 0 Å². The van der Waals surface area contributed by atoms with Gasteiger partial charge in [0.1, 0.15) is 0 Å². The minimum Gasteiger partial charge on any atom is -0.465 e. The summed E-state index contributed by atoms with van der Waals surface area (Å²) in [5.74, 6) is 0. The molecule has 23 heavy (non-hydrogen) atoms. The summed E-state index contributed by atoms with van der Waals surface area (Å²) in [6, 6.07) is 7.91. The van der Waals surface area contributed by atoms with E-state index in [4.69, 9.17) is 9.84 Å². The molecule has 1 fully saturated rings. The molecule has 1 atom stereocenters. The first kappa shape index (κ1) is 15.7. The standard InChI is InChI=1S/C17H21N3O3/c21-17(22)20-10-8-14(12-20)23-11-2-1-4-13-6-7-15-16(19-13)5-3-9-18-15/h3,5-7,9,14H,1-2,4,8,10-12H2,(H,21,22). The molecular formula is C17H21N3O3. The molecule has 3 rings (SSSR count). The first-order valence-corrected chi connectivity index (χ1v) is 8.02. The molecule has 2 aromatic heterocycles. The van der Waals surface area contributed by atoms with E-state index in [1.165, 1.54) is 4.90 Å². The lowest BCUT2D eigenvalue weighted by Gasteiger charge is -2.13. The van der Waals surface area contributed by atoms with Gasteiger partial charge in [-0.15, -0.1) is 0 Å². The number of hydrogen-bond donors (Lipinski definition) is 1. The number of nitrogens with zero attached hydrogens (tertiary/aromatic N) is 3. The van der Waals surface area contributed by atoms with E-state index in [9.17, 15) is 4.79 Å². The molecule has 0 aliphatic carbocycles. The molecule has 1 unspecified atom stereocenters. The van der Waals surface area contributed by atoms with E-state index in [-0.39, 0.29) is 6.10 Å². The minimum absolute atomic E-state index is 0.0518. The molecule has 1 N–H and O–H groups in total. The Hall–Kier alpha value is -2.21. The van der Waals surface area contributed by atoms with Crippen molar-refractivity contribution in [3.63, 3.8) is 0 Å². The summed E-state index contributed by atoms with van der Waals surface area (Å²) in [5.41, 5.74) is 2.92. The first-order chi connectivity index (χ1) is 11.2. The summed E-state index contributed by atoms with van der Waals surface area (Å²) in [6.07, 6.45) is 4.65. The zero-order valence-electron chi connectivity index (χ0n) is 13.0. The highest BCUT2D eigenvalue weighted by Crippen LogP contribution is 2.14. The third kappa shape index (κ3) is 4.16. The summed E-state index contributed by atoms with van der Waals surface area (Å²) in [4.78, 5) is 21.1. The van der Waals surface area contributed by atoms with E-state index >= 15 is 0 Å². The Morgan fingerprint density at radius 3 is 3.04 bits per heavy atom. The van der Waals surface area contributed by atoms with Gasteiger partial charge in [0.15, 0.2) is 0 Å². The van der Waals surface area contributed by atoms with Crippen LogP contribution in [0.15, 0.2) is 30.5 Å². The van der Waals surface area contributed by atoms with Crippen LogP contribution in [-0.4, -0.2) is 51.9 Å². The zero-order valence-corrected chi connectivity index (χ0v) is 13.0. The number of aromatic nitrogens is 2. The van der Waals surface area contributed by atoms with E-state index in [0.717, 1.165) is 42.4 Å². The third-order valence-corrected chi connectivity index (χ3v) is 4.11. The van der Waals surface area contributed by atoms with Crippen LogP contribution in [0.5, 0.6) is 0 Å². The molecule has 6 heteroatoms. The van der Waals surface area contributed by atoms with Gasteiger partial charge in [-0.25, -0.2) is 4.79 Å². The summed E-state index contributed by atoms with van der Waals surface area (Å²) in [7, 11) is 0. The fraction of sp³-hybridized carbons (Fsp3) is 0.471. The molecule has 0 bridgehead atoms. The molecule has 1 aliphatic rings. The summed E-state index contributed by atoms with van der Waals surface area (Å²) in [5, 5.41) is 8.90. The molecule has 0 saturated carbocycles. The maximum absolute atomic E-state index is 10.8. The van der Waals surface area contributed by atoms with Crippen LogP contribution in [0.1, 0.15) is 25.0 Å². The molecule has 3 heterocycles. The van der Waals surface area contributed by atoms with Crippen molar-refractivity contribution in [3.8, 4) is 0 Å². The fourth-order valence-electron chi connectivity index (χ4n) is 2.83. The van der Waals surface area contributed by atoms with Crippen LogP contribution in [0.2, 0.25) is 0 Å². The minimum atomic E-state index is -0.854. The van der Waals surface area contributed by atoms with Crippen LogP contribution in [0.4, 0.5) is 4.79 Å². The number of amides is 1. The number of hydrogen-bond acceptors (Lipinski definition) is 4. The Kier molecular flexibility index (Phi) is 5.02. The number of carboxylic acid groups (broad SMARTS) is 1. The molecule has 1 aliphatic heterocycles. The highest BCUT2D eigenvalue weighted by atomic mass is 16.5. The second-order valence-corrected chi connectivity index (χ2v) is 5.81. The average Bonchev–Trinajstić information content (AvgIpc) is 3.03. The molecule has 0 radical (unpaired) electrons. The van der Waals surface area contributed by atoms with Crippen LogP contribution in [0, 0.1) is 0 Å².